The zero-order valence-electron chi connectivity index (χ0n) is 10.6. The molecule has 0 atom stereocenters. The minimum absolute atomic E-state index is 0.279. The fraction of sp³-hybridized carbons (Fsp3) is 0.308. The normalized spacial score (nSPS) is 10.7. The SMILES string of the molecule is COCCCNc1nccn1-c1ccc(F)c(Br)c1. The molecule has 102 valence electrons. The van der Waals surface area contributed by atoms with E-state index in [9.17, 15) is 4.39 Å². The maximum Gasteiger partial charge on any atom is 0.207 e. The van der Waals surface area contributed by atoms with Crippen LogP contribution in [-0.2, 0) is 4.74 Å². The molecule has 0 saturated heterocycles. The van der Waals surface area contributed by atoms with Crippen LogP contribution in [0.4, 0.5) is 10.3 Å². The highest BCUT2D eigenvalue weighted by atomic mass is 79.9. The van der Waals surface area contributed by atoms with Crippen LogP contribution < -0.4 is 5.32 Å². The molecule has 0 radical (unpaired) electrons. The number of imidazole rings is 1. The lowest BCUT2D eigenvalue weighted by molar-refractivity contribution is 0.197. The first-order valence-electron chi connectivity index (χ1n) is 5.94. The van der Waals surface area contributed by atoms with Gasteiger partial charge in [0, 0.05) is 38.3 Å². The second-order valence-electron chi connectivity index (χ2n) is 3.99. The van der Waals surface area contributed by atoms with Crippen molar-refractivity contribution in [2.75, 3.05) is 25.6 Å². The molecule has 1 heterocycles. The highest BCUT2D eigenvalue weighted by Gasteiger charge is 2.06. The average Bonchev–Trinajstić information content (AvgIpc) is 2.86. The number of ether oxygens (including phenoxy) is 1. The molecule has 0 saturated carbocycles. The Morgan fingerprint density at radius 3 is 3.05 bits per heavy atom. The Morgan fingerprint density at radius 1 is 1.47 bits per heavy atom. The van der Waals surface area contributed by atoms with Gasteiger partial charge < -0.3 is 10.1 Å². The molecule has 0 aliphatic rings. The van der Waals surface area contributed by atoms with E-state index in [1.807, 2.05) is 10.8 Å². The van der Waals surface area contributed by atoms with Gasteiger partial charge in [-0.3, -0.25) is 4.57 Å². The summed E-state index contributed by atoms with van der Waals surface area (Å²) < 4.78 is 20.5. The van der Waals surface area contributed by atoms with Crippen molar-refractivity contribution in [3.63, 3.8) is 0 Å². The smallest absolute Gasteiger partial charge is 0.207 e. The number of rotatable bonds is 6. The van der Waals surface area contributed by atoms with Crippen LogP contribution in [0.1, 0.15) is 6.42 Å². The molecule has 4 nitrogen and oxygen atoms in total. The molecule has 1 N–H and O–H groups in total. The second-order valence-corrected chi connectivity index (χ2v) is 4.85. The zero-order chi connectivity index (χ0) is 13.7. The van der Waals surface area contributed by atoms with Gasteiger partial charge in [-0.1, -0.05) is 0 Å². The van der Waals surface area contributed by atoms with Gasteiger partial charge in [-0.25, -0.2) is 9.37 Å². The topological polar surface area (TPSA) is 39.1 Å². The van der Waals surface area contributed by atoms with Gasteiger partial charge in [-0.05, 0) is 40.5 Å². The first-order valence-corrected chi connectivity index (χ1v) is 6.73. The maximum atomic E-state index is 13.2. The standard InChI is InChI=1S/C13H15BrFN3O/c1-19-8-2-5-16-13-17-6-7-18(13)10-3-4-12(15)11(14)9-10/h3-4,6-7,9H,2,5,8H2,1H3,(H,16,17). The fourth-order valence-electron chi connectivity index (χ4n) is 1.69. The summed E-state index contributed by atoms with van der Waals surface area (Å²) in [5.74, 6) is 0.452. The van der Waals surface area contributed by atoms with Crippen molar-refractivity contribution in [1.29, 1.82) is 0 Å². The van der Waals surface area contributed by atoms with Crippen LogP contribution in [0, 0.1) is 5.82 Å². The summed E-state index contributed by atoms with van der Waals surface area (Å²) in [6.45, 7) is 1.48. The van der Waals surface area contributed by atoms with E-state index in [2.05, 4.69) is 26.2 Å². The summed E-state index contributed by atoms with van der Waals surface area (Å²) >= 11 is 3.18. The molecule has 0 aliphatic carbocycles. The third kappa shape index (κ3) is 3.54. The van der Waals surface area contributed by atoms with Crippen molar-refractivity contribution < 1.29 is 9.13 Å². The molecule has 0 bridgehead atoms. The Bertz CT molecular complexity index is 544. The maximum absolute atomic E-state index is 13.2. The Kier molecular flexibility index (Phi) is 4.93. The first-order chi connectivity index (χ1) is 9.22. The van der Waals surface area contributed by atoms with Gasteiger partial charge in [-0.15, -0.1) is 0 Å². The third-order valence-corrected chi connectivity index (χ3v) is 3.24. The summed E-state index contributed by atoms with van der Waals surface area (Å²) in [5, 5.41) is 3.22. The van der Waals surface area contributed by atoms with Crippen molar-refractivity contribution in [3.05, 3.63) is 40.9 Å². The van der Waals surface area contributed by atoms with E-state index in [0.717, 1.165) is 24.6 Å². The molecular weight excluding hydrogens is 313 g/mol. The second kappa shape index (κ2) is 6.68. The van der Waals surface area contributed by atoms with E-state index in [0.29, 0.717) is 11.1 Å². The van der Waals surface area contributed by atoms with Gasteiger partial charge in [0.15, 0.2) is 0 Å². The van der Waals surface area contributed by atoms with E-state index < -0.39 is 0 Å². The number of aromatic nitrogens is 2. The Balaban J connectivity index is 2.12. The van der Waals surface area contributed by atoms with Gasteiger partial charge >= 0.3 is 0 Å². The van der Waals surface area contributed by atoms with Crippen LogP contribution in [0.15, 0.2) is 35.1 Å². The minimum Gasteiger partial charge on any atom is -0.385 e. The molecule has 0 spiro atoms. The number of hydrogen-bond acceptors (Lipinski definition) is 3. The summed E-state index contributed by atoms with van der Waals surface area (Å²) in [7, 11) is 1.68. The molecule has 2 aromatic rings. The van der Waals surface area contributed by atoms with Gasteiger partial charge in [-0.2, -0.15) is 0 Å². The van der Waals surface area contributed by atoms with E-state index >= 15 is 0 Å². The molecule has 19 heavy (non-hydrogen) atoms. The first kappa shape index (κ1) is 14.0. The van der Waals surface area contributed by atoms with Crippen molar-refractivity contribution >= 4 is 21.9 Å². The minimum atomic E-state index is -0.279. The highest BCUT2D eigenvalue weighted by Crippen LogP contribution is 2.21. The van der Waals surface area contributed by atoms with E-state index in [1.165, 1.54) is 6.07 Å². The average molecular weight is 328 g/mol. The number of anilines is 1. The lowest BCUT2D eigenvalue weighted by atomic mass is 10.3. The van der Waals surface area contributed by atoms with Crippen LogP contribution in [0.25, 0.3) is 5.69 Å². The van der Waals surface area contributed by atoms with Crippen LogP contribution in [0.3, 0.4) is 0 Å². The highest BCUT2D eigenvalue weighted by molar-refractivity contribution is 9.10. The van der Waals surface area contributed by atoms with Gasteiger partial charge in [0.1, 0.15) is 5.82 Å². The van der Waals surface area contributed by atoms with E-state index in [4.69, 9.17) is 4.74 Å². The van der Waals surface area contributed by atoms with E-state index in [-0.39, 0.29) is 5.82 Å². The van der Waals surface area contributed by atoms with Crippen LogP contribution in [0.5, 0.6) is 0 Å². The number of nitrogens with one attached hydrogen (secondary N) is 1. The Hall–Kier alpha value is -1.40. The number of hydrogen-bond donors (Lipinski definition) is 1. The molecular formula is C13H15BrFN3O. The molecule has 1 aromatic heterocycles. The molecule has 0 unspecified atom stereocenters. The van der Waals surface area contributed by atoms with E-state index in [1.54, 1.807) is 25.4 Å². The predicted octanol–water partition coefficient (Wildman–Crippen LogP) is 3.22. The monoisotopic (exact) mass is 327 g/mol. The summed E-state index contributed by atoms with van der Waals surface area (Å²) in [5.41, 5.74) is 0.847. The lowest BCUT2D eigenvalue weighted by Gasteiger charge is -2.10. The van der Waals surface area contributed by atoms with Crippen molar-refractivity contribution in [1.82, 2.24) is 9.55 Å². The van der Waals surface area contributed by atoms with Crippen molar-refractivity contribution in [2.45, 2.75) is 6.42 Å². The van der Waals surface area contributed by atoms with Gasteiger partial charge in [0.05, 0.1) is 4.47 Å². The summed E-state index contributed by atoms with van der Waals surface area (Å²) in [6, 6.07) is 4.85. The van der Waals surface area contributed by atoms with Gasteiger partial charge in [0.25, 0.3) is 0 Å². The molecule has 0 amide bonds. The zero-order valence-corrected chi connectivity index (χ0v) is 12.2. The number of halogens is 2. The quantitative estimate of drug-likeness (QED) is 0.828. The largest absolute Gasteiger partial charge is 0.385 e. The fourth-order valence-corrected chi connectivity index (χ4v) is 2.06. The Morgan fingerprint density at radius 2 is 2.32 bits per heavy atom. The third-order valence-electron chi connectivity index (χ3n) is 2.63. The van der Waals surface area contributed by atoms with Crippen LogP contribution >= 0.6 is 15.9 Å². The lowest BCUT2D eigenvalue weighted by Crippen LogP contribution is -2.09. The van der Waals surface area contributed by atoms with Crippen LogP contribution in [0.2, 0.25) is 0 Å². The van der Waals surface area contributed by atoms with Crippen molar-refractivity contribution in [3.8, 4) is 5.69 Å². The molecule has 1 aromatic carbocycles. The van der Waals surface area contributed by atoms with Crippen LogP contribution in [-0.4, -0.2) is 29.8 Å². The molecule has 6 heteroatoms. The number of methoxy groups -OCH3 is 1. The van der Waals surface area contributed by atoms with Crippen molar-refractivity contribution in [2.24, 2.45) is 0 Å². The molecule has 0 aliphatic heterocycles. The number of benzene rings is 1. The molecule has 0 fully saturated rings. The molecule has 2 rings (SSSR count). The predicted molar refractivity (Wildman–Crippen MR) is 76.2 cm³/mol. The van der Waals surface area contributed by atoms with Gasteiger partial charge in [0.2, 0.25) is 5.95 Å². The Labute approximate surface area is 119 Å². The number of nitrogens with zero attached hydrogens (tertiary/aromatic N) is 2. The summed E-state index contributed by atoms with van der Waals surface area (Å²) in [6.07, 6.45) is 4.44. The summed E-state index contributed by atoms with van der Waals surface area (Å²) in [4.78, 5) is 4.24.